The fourth-order valence-corrected chi connectivity index (χ4v) is 4.73. The number of phenols is 1. The number of methoxy groups -OCH3 is 2. The average molecular weight is 443 g/mol. The second kappa shape index (κ2) is 8.54. The molecule has 5 rings (SSSR count). The van der Waals surface area contributed by atoms with E-state index in [0.29, 0.717) is 12.2 Å². The highest BCUT2D eigenvalue weighted by Crippen LogP contribution is 2.45. The first-order valence-electron chi connectivity index (χ1n) is 11.0. The zero-order valence-corrected chi connectivity index (χ0v) is 18.6. The first-order chi connectivity index (χ1) is 16.1. The largest absolute Gasteiger partial charge is 0.504 e. The molecule has 6 heteroatoms. The molecule has 1 aliphatic heterocycles. The summed E-state index contributed by atoms with van der Waals surface area (Å²) in [5.41, 5.74) is 5.46. The number of Topliss-reactive ketones (excluding diaryl/α,β-unsaturated/α-hetero) is 1. The van der Waals surface area contributed by atoms with E-state index in [2.05, 4.69) is 10.6 Å². The van der Waals surface area contributed by atoms with Gasteiger partial charge in [0.2, 0.25) is 0 Å². The molecule has 2 aliphatic rings. The molecule has 0 aromatic heterocycles. The van der Waals surface area contributed by atoms with Crippen LogP contribution in [-0.2, 0) is 4.79 Å². The van der Waals surface area contributed by atoms with E-state index in [-0.39, 0.29) is 23.5 Å². The van der Waals surface area contributed by atoms with Crippen LogP contribution in [0.3, 0.4) is 0 Å². The van der Waals surface area contributed by atoms with Gasteiger partial charge in [-0.1, -0.05) is 30.3 Å². The molecule has 0 fully saturated rings. The van der Waals surface area contributed by atoms with Gasteiger partial charge in [0.15, 0.2) is 17.3 Å². The summed E-state index contributed by atoms with van der Waals surface area (Å²) in [5, 5.41) is 17.2. The van der Waals surface area contributed by atoms with Gasteiger partial charge in [0.1, 0.15) is 5.75 Å². The Bertz CT molecular complexity index is 1230. The Balaban J connectivity index is 1.59. The standard InChI is InChI=1S/C27H26N2O4/c1-32-19-10-7-16(8-11-19)18-13-22-26(24(31)14-18)27(17-9-12-23(30)25(15-17)33-2)29-21-6-4-3-5-20(21)28-22/h3-12,15,18,27-30H,13-14H2,1-2H3/t18-,27-/m1/s1. The molecule has 168 valence electrons. The van der Waals surface area contributed by atoms with Gasteiger partial charge >= 0.3 is 0 Å². The zero-order chi connectivity index (χ0) is 22.9. The molecular weight excluding hydrogens is 416 g/mol. The molecule has 0 unspecified atom stereocenters. The molecule has 0 saturated carbocycles. The van der Waals surface area contributed by atoms with Crippen LogP contribution >= 0.6 is 0 Å². The second-order valence-corrected chi connectivity index (χ2v) is 8.37. The predicted octanol–water partition coefficient (Wildman–Crippen LogP) is 5.39. The number of allylic oxidation sites excluding steroid dienone is 1. The van der Waals surface area contributed by atoms with Crippen molar-refractivity contribution in [2.45, 2.75) is 24.8 Å². The number of fused-ring (bicyclic) bond motifs is 1. The lowest BCUT2D eigenvalue weighted by molar-refractivity contribution is -0.116. The van der Waals surface area contributed by atoms with Crippen molar-refractivity contribution in [3.05, 3.63) is 89.1 Å². The summed E-state index contributed by atoms with van der Waals surface area (Å²) < 4.78 is 10.6. The lowest BCUT2D eigenvalue weighted by Crippen LogP contribution is -2.26. The quantitative estimate of drug-likeness (QED) is 0.503. The lowest BCUT2D eigenvalue weighted by atomic mass is 9.78. The maximum atomic E-state index is 13.6. The van der Waals surface area contributed by atoms with Crippen molar-refractivity contribution in [3.63, 3.8) is 0 Å². The fourth-order valence-electron chi connectivity index (χ4n) is 4.73. The lowest BCUT2D eigenvalue weighted by Gasteiger charge is -2.30. The number of carbonyl (C=O) groups excluding carboxylic acids is 1. The van der Waals surface area contributed by atoms with Gasteiger partial charge in [-0.25, -0.2) is 0 Å². The monoisotopic (exact) mass is 442 g/mol. The van der Waals surface area contributed by atoms with E-state index in [9.17, 15) is 9.90 Å². The number of rotatable bonds is 4. The summed E-state index contributed by atoms with van der Waals surface area (Å²) in [7, 11) is 3.17. The molecule has 33 heavy (non-hydrogen) atoms. The summed E-state index contributed by atoms with van der Waals surface area (Å²) >= 11 is 0. The molecular formula is C27H26N2O4. The van der Waals surface area contributed by atoms with Crippen molar-refractivity contribution in [1.29, 1.82) is 0 Å². The number of hydrogen-bond acceptors (Lipinski definition) is 6. The Morgan fingerprint density at radius 3 is 2.33 bits per heavy atom. The van der Waals surface area contributed by atoms with Gasteiger partial charge in [-0.3, -0.25) is 4.79 Å². The summed E-state index contributed by atoms with van der Waals surface area (Å²) in [6.45, 7) is 0. The smallest absolute Gasteiger partial charge is 0.163 e. The van der Waals surface area contributed by atoms with Gasteiger partial charge in [-0.05, 0) is 59.9 Å². The highest BCUT2D eigenvalue weighted by atomic mass is 16.5. The Morgan fingerprint density at radius 1 is 0.879 bits per heavy atom. The van der Waals surface area contributed by atoms with Gasteiger partial charge in [0, 0.05) is 17.7 Å². The molecule has 6 nitrogen and oxygen atoms in total. The maximum Gasteiger partial charge on any atom is 0.163 e. The second-order valence-electron chi connectivity index (χ2n) is 8.37. The number of ketones is 1. The van der Waals surface area contributed by atoms with Crippen molar-refractivity contribution in [1.82, 2.24) is 0 Å². The zero-order valence-electron chi connectivity index (χ0n) is 18.6. The third kappa shape index (κ3) is 3.89. The molecule has 3 N–H and O–H groups in total. The SMILES string of the molecule is COc1ccc([C@H]2CC(=O)C3=C(C2)Nc2ccccc2N[C@@H]3c2ccc(O)c(OC)c2)cc1. The Morgan fingerprint density at radius 2 is 1.61 bits per heavy atom. The van der Waals surface area contributed by atoms with Crippen LogP contribution in [-0.4, -0.2) is 25.1 Å². The summed E-state index contributed by atoms with van der Waals surface area (Å²) in [6.07, 6.45) is 1.14. The van der Waals surface area contributed by atoms with E-state index in [1.807, 2.05) is 54.6 Å². The van der Waals surface area contributed by atoms with E-state index in [4.69, 9.17) is 9.47 Å². The van der Waals surface area contributed by atoms with Crippen LogP contribution in [0.2, 0.25) is 0 Å². The first kappa shape index (κ1) is 20.9. The molecule has 1 aliphatic carbocycles. The number of para-hydroxylation sites is 2. The minimum Gasteiger partial charge on any atom is -0.504 e. The van der Waals surface area contributed by atoms with E-state index < -0.39 is 0 Å². The van der Waals surface area contributed by atoms with Gasteiger partial charge in [-0.15, -0.1) is 0 Å². The minimum atomic E-state index is -0.366. The number of nitrogens with one attached hydrogen (secondary N) is 2. The molecule has 0 saturated heterocycles. The van der Waals surface area contributed by atoms with Crippen LogP contribution in [0.1, 0.15) is 35.9 Å². The predicted molar refractivity (Wildman–Crippen MR) is 128 cm³/mol. The Kier molecular flexibility index (Phi) is 5.42. The maximum absolute atomic E-state index is 13.6. The Hall–Kier alpha value is -3.93. The number of ether oxygens (including phenoxy) is 2. The van der Waals surface area contributed by atoms with Crippen molar-refractivity contribution >= 4 is 17.2 Å². The molecule has 2 atom stereocenters. The van der Waals surface area contributed by atoms with Gasteiger partial charge in [-0.2, -0.15) is 0 Å². The van der Waals surface area contributed by atoms with Gasteiger partial charge in [0.25, 0.3) is 0 Å². The fraction of sp³-hybridized carbons (Fsp3) is 0.222. The number of carbonyl (C=O) groups is 1. The molecule has 0 radical (unpaired) electrons. The average Bonchev–Trinajstić information content (AvgIpc) is 3.01. The first-order valence-corrected chi connectivity index (χ1v) is 11.0. The molecule has 0 bridgehead atoms. The van der Waals surface area contributed by atoms with Gasteiger partial charge < -0.3 is 25.2 Å². The normalized spacial score (nSPS) is 19.5. The van der Waals surface area contributed by atoms with Crippen LogP contribution in [0, 0.1) is 0 Å². The molecule has 1 heterocycles. The molecule has 3 aromatic carbocycles. The van der Waals surface area contributed by atoms with Crippen LogP contribution in [0.5, 0.6) is 17.2 Å². The summed E-state index contributed by atoms with van der Waals surface area (Å²) in [6, 6.07) is 20.7. The van der Waals surface area contributed by atoms with Crippen LogP contribution in [0.25, 0.3) is 0 Å². The highest BCUT2D eigenvalue weighted by Gasteiger charge is 2.36. The number of hydrogen-bond donors (Lipinski definition) is 3. The van der Waals surface area contributed by atoms with Crippen molar-refractivity contribution in [2.75, 3.05) is 24.9 Å². The van der Waals surface area contributed by atoms with Crippen molar-refractivity contribution < 1.29 is 19.4 Å². The van der Waals surface area contributed by atoms with Gasteiger partial charge in [0.05, 0.1) is 31.6 Å². The Labute approximate surface area is 192 Å². The third-order valence-electron chi connectivity index (χ3n) is 6.43. The third-order valence-corrected chi connectivity index (χ3v) is 6.43. The summed E-state index contributed by atoms with van der Waals surface area (Å²) in [4.78, 5) is 13.6. The van der Waals surface area contributed by atoms with Crippen molar-refractivity contribution in [2.24, 2.45) is 0 Å². The molecule has 3 aromatic rings. The number of anilines is 2. The van der Waals surface area contributed by atoms with Crippen LogP contribution in [0.4, 0.5) is 11.4 Å². The molecule has 0 spiro atoms. The van der Waals surface area contributed by atoms with E-state index in [1.54, 1.807) is 19.2 Å². The molecule has 0 amide bonds. The van der Waals surface area contributed by atoms with Crippen molar-refractivity contribution in [3.8, 4) is 17.2 Å². The minimum absolute atomic E-state index is 0.0668. The van der Waals surface area contributed by atoms with E-state index in [0.717, 1.165) is 45.9 Å². The highest BCUT2D eigenvalue weighted by molar-refractivity contribution is 6.01. The topological polar surface area (TPSA) is 79.8 Å². The number of aromatic hydroxyl groups is 1. The number of phenolic OH excluding ortho intramolecular Hbond substituents is 1. The van der Waals surface area contributed by atoms with Crippen LogP contribution in [0.15, 0.2) is 78.0 Å². The summed E-state index contributed by atoms with van der Waals surface area (Å²) in [5.74, 6) is 1.42. The van der Waals surface area contributed by atoms with E-state index >= 15 is 0 Å². The van der Waals surface area contributed by atoms with E-state index in [1.165, 1.54) is 7.11 Å². The number of benzene rings is 3. The van der Waals surface area contributed by atoms with Crippen LogP contribution < -0.4 is 20.1 Å².